The summed E-state index contributed by atoms with van der Waals surface area (Å²) in [4.78, 5) is 36.4. The van der Waals surface area contributed by atoms with E-state index in [1.807, 2.05) is 0 Å². The summed E-state index contributed by atoms with van der Waals surface area (Å²) < 4.78 is 26.2. The van der Waals surface area contributed by atoms with Crippen LogP contribution in [0.5, 0.6) is 11.5 Å². The van der Waals surface area contributed by atoms with E-state index in [9.17, 15) is 14.4 Å². The van der Waals surface area contributed by atoms with E-state index < -0.39 is 29.6 Å². The van der Waals surface area contributed by atoms with Gasteiger partial charge in [-0.1, -0.05) is 24.3 Å². The Labute approximate surface area is 170 Å². The van der Waals surface area contributed by atoms with Crippen molar-refractivity contribution in [2.45, 2.75) is 12.0 Å². The lowest BCUT2D eigenvalue weighted by atomic mass is 9.88. The van der Waals surface area contributed by atoms with E-state index in [1.54, 1.807) is 48.5 Å². The van der Waals surface area contributed by atoms with Crippen molar-refractivity contribution in [1.82, 2.24) is 0 Å². The molecule has 0 spiro atoms. The number of rotatable bonds is 5. The van der Waals surface area contributed by atoms with Crippen LogP contribution in [0.3, 0.4) is 0 Å². The van der Waals surface area contributed by atoms with Crippen molar-refractivity contribution in [3.8, 4) is 11.5 Å². The van der Waals surface area contributed by atoms with Crippen molar-refractivity contribution in [1.29, 1.82) is 0 Å². The van der Waals surface area contributed by atoms with E-state index in [1.165, 1.54) is 14.2 Å². The lowest BCUT2D eigenvalue weighted by Crippen LogP contribution is -2.31. The van der Waals surface area contributed by atoms with Crippen LogP contribution in [0.1, 0.15) is 17.0 Å². The SMILES string of the molecule is COC(=O)COc1ccc([C@H]2c3c(c4ccccc4oc3=O)O[C@H]2C(=O)OC)cc1. The van der Waals surface area contributed by atoms with Gasteiger partial charge in [0.25, 0.3) is 0 Å². The molecule has 0 unspecified atom stereocenters. The summed E-state index contributed by atoms with van der Waals surface area (Å²) in [6.07, 6.45) is -1.04. The molecule has 154 valence electrons. The van der Waals surface area contributed by atoms with E-state index in [0.29, 0.717) is 28.0 Å². The minimum Gasteiger partial charge on any atom is -0.482 e. The van der Waals surface area contributed by atoms with Crippen LogP contribution in [-0.2, 0) is 19.1 Å². The van der Waals surface area contributed by atoms with Crippen LogP contribution in [0.15, 0.2) is 57.7 Å². The molecule has 0 aliphatic carbocycles. The molecule has 2 atom stereocenters. The normalized spacial score (nSPS) is 17.1. The minimum atomic E-state index is -1.04. The van der Waals surface area contributed by atoms with E-state index in [0.717, 1.165) is 0 Å². The van der Waals surface area contributed by atoms with Crippen molar-refractivity contribution in [2.24, 2.45) is 0 Å². The van der Waals surface area contributed by atoms with Crippen molar-refractivity contribution >= 4 is 22.9 Å². The van der Waals surface area contributed by atoms with Gasteiger partial charge in [0.15, 0.2) is 6.61 Å². The predicted octanol–water partition coefficient (Wildman–Crippen LogP) is 2.41. The van der Waals surface area contributed by atoms with Gasteiger partial charge in [-0.15, -0.1) is 0 Å². The van der Waals surface area contributed by atoms with Crippen LogP contribution in [0, 0.1) is 0 Å². The van der Waals surface area contributed by atoms with Gasteiger partial charge >= 0.3 is 17.6 Å². The summed E-state index contributed by atoms with van der Waals surface area (Å²) in [5, 5.41) is 0.599. The number of carbonyl (C=O) groups is 2. The second kappa shape index (κ2) is 7.90. The Bertz CT molecular complexity index is 1160. The maximum absolute atomic E-state index is 12.8. The first-order chi connectivity index (χ1) is 14.5. The monoisotopic (exact) mass is 410 g/mol. The molecule has 1 aliphatic heterocycles. The summed E-state index contributed by atoms with van der Waals surface area (Å²) in [5.41, 5.74) is 0.688. The van der Waals surface area contributed by atoms with Gasteiger partial charge in [0, 0.05) is 0 Å². The summed E-state index contributed by atoms with van der Waals surface area (Å²) in [6, 6.07) is 13.6. The molecule has 0 saturated carbocycles. The fourth-order valence-corrected chi connectivity index (χ4v) is 3.49. The number of hydrogen-bond acceptors (Lipinski definition) is 8. The smallest absolute Gasteiger partial charge is 0.348 e. The van der Waals surface area contributed by atoms with Crippen molar-refractivity contribution < 1.29 is 33.0 Å². The van der Waals surface area contributed by atoms with Crippen LogP contribution in [-0.4, -0.2) is 38.9 Å². The number of methoxy groups -OCH3 is 2. The average Bonchev–Trinajstić information content (AvgIpc) is 3.19. The van der Waals surface area contributed by atoms with Gasteiger partial charge in [0.05, 0.1) is 31.1 Å². The molecule has 1 aliphatic rings. The second-order valence-corrected chi connectivity index (χ2v) is 6.60. The Morgan fingerprint density at radius 1 is 1.00 bits per heavy atom. The minimum absolute atomic E-state index is 0.231. The van der Waals surface area contributed by atoms with Crippen LogP contribution < -0.4 is 15.1 Å². The van der Waals surface area contributed by atoms with E-state index in [4.69, 9.17) is 18.6 Å². The Kier molecular flexibility index (Phi) is 5.14. The van der Waals surface area contributed by atoms with Gasteiger partial charge in [0.2, 0.25) is 6.10 Å². The highest BCUT2D eigenvalue weighted by Gasteiger charge is 2.44. The topological polar surface area (TPSA) is 101 Å². The van der Waals surface area contributed by atoms with Gasteiger partial charge < -0.3 is 23.4 Å². The summed E-state index contributed by atoms with van der Waals surface area (Å²) >= 11 is 0. The van der Waals surface area contributed by atoms with E-state index in [2.05, 4.69) is 4.74 Å². The van der Waals surface area contributed by atoms with Crippen LogP contribution in [0.4, 0.5) is 0 Å². The Morgan fingerprint density at radius 2 is 1.73 bits per heavy atom. The molecule has 0 saturated heterocycles. The molecule has 0 fully saturated rings. The summed E-state index contributed by atoms with van der Waals surface area (Å²) in [7, 11) is 2.53. The number of benzene rings is 2. The van der Waals surface area contributed by atoms with Crippen molar-refractivity contribution in [3.63, 3.8) is 0 Å². The number of fused-ring (bicyclic) bond motifs is 3. The molecular weight excluding hydrogens is 392 g/mol. The Hall–Kier alpha value is -3.81. The molecule has 0 radical (unpaired) electrons. The summed E-state index contributed by atoms with van der Waals surface area (Å²) in [5.74, 6) is -1.09. The van der Waals surface area contributed by atoms with Gasteiger partial charge in [-0.25, -0.2) is 14.4 Å². The zero-order valence-electron chi connectivity index (χ0n) is 16.2. The van der Waals surface area contributed by atoms with Gasteiger partial charge in [-0.3, -0.25) is 0 Å². The molecule has 0 bridgehead atoms. The number of para-hydroxylation sites is 1. The second-order valence-electron chi connectivity index (χ2n) is 6.60. The first kappa shape index (κ1) is 19.5. The molecule has 0 N–H and O–H groups in total. The molecule has 3 aromatic rings. The zero-order chi connectivity index (χ0) is 21.3. The fraction of sp³-hybridized carbons (Fsp3) is 0.227. The van der Waals surface area contributed by atoms with Crippen molar-refractivity contribution in [3.05, 3.63) is 70.1 Å². The van der Waals surface area contributed by atoms with Crippen LogP contribution >= 0.6 is 0 Å². The maximum Gasteiger partial charge on any atom is 0.348 e. The quantitative estimate of drug-likeness (QED) is 0.467. The summed E-state index contributed by atoms with van der Waals surface area (Å²) in [6.45, 7) is -0.231. The third-order valence-electron chi connectivity index (χ3n) is 4.91. The molecule has 4 rings (SSSR count). The molecule has 8 heteroatoms. The average molecular weight is 410 g/mol. The maximum atomic E-state index is 12.8. The number of carbonyl (C=O) groups excluding carboxylic acids is 2. The molecule has 2 heterocycles. The van der Waals surface area contributed by atoms with Crippen LogP contribution in [0.2, 0.25) is 0 Å². The van der Waals surface area contributed by atoms with Gasteiger partial charge in [0.1, 0.15) is 17.1 Å². The lowest BCUT2D eigenvalue weighted by molar-refractivity contribution is -0.148. The Morgan fingerprint density at radius 3 is 2.43 bits per heavy atom. The molecular formula is C22H18O8. The molecule has 30 heavy (non-hydrogen) atoms. The largest absolute Gasteiger partial charge is 0.482 e. The number of esters is 2. The molecule has 0 amide bonds. The van der Waals surface area contributed by atoms with Gasteiger partial charge in [-0.2, -0.15) is 0 Å². The third kappa shape index (κ3) is 3.36. The van der Waals surface area contributed by atoms with Crippen molar-refractivity contribution in [2.75, 3.05) is 20.8 Å². The molecule has 1 aromatic heterocycles. The van der Waals surface area contributed by atoms with Gasteiger partial charge in [-0.05, 0) is 29.8 Å². The van der Waals surface area contributed by atoms with E-state index >= 15 is 0 Å². The highest BCUT2D eigenvalue weighted by molar-refractivity contribution is 5.88. The Balaban J connectivity index is 1.76. The first-order valence-electron chi connectivity index (χ1n) is 9.13. The predicted molar refractivity (Wildman–Crippen MR) is 105 cm³/mol. The molecule has 8 nitrogen and oxygen atoms in total. The fourth-order valence-electron chi connectivity index (χ4n) is 3.49. The first-order valence-corrected chi connectivity index (χ1v) is 9.13. The molecule has 2 aromatic carbocycles. The highest BCUT2D eigenvalue weighted by Crippen LogP contribution is 2.44. The number of hydrogen-bond donors (Lipinski definition) is 0. The van der Waals surface area contributed by atoms with Crippen LogP contribution in [0.25, 0.3) is 11.0 Å². The standard InChI is InChI=1S/C22H18O8/c1-26-16(23)11-28-13-9-7-12(8-10-13)17-18-19(30-20(17)22(25)27-2)14-5-3-4-6-15(14)29-21(18)24/h3-10,17,20H,11H2,1-2H3/t17-,20+/m0/s1. The highest BCUT2D eigenvalue weighted by atomic mass is 16.6. The third-order valence-corrected chi connectivity index (χ3v) is 4.91. The van der Waals surface area contributed by atoms with E-state index in [-0.39, 0.29) is 12.2 Å². The number of ether oxygens (including phenoxy) is 4. The lowest BCUT2D eigenvalue weighted by Gasteiger charge is -2.17. The zero-order valence-corrected chi connectivity index (χ0v) is 16.2.